The van der Waals surface area contributed by atoms with E-state index >= 15 is 0 Å². The first-order chi connectivity index (χ1) is 8.08. The number of hydrazone groups is 1. The highest BCUT2D eigenvalue weighted by Crippen LogP contribution is 2.22. The summed E-state index contributed by atoms with van der Waals surface area (Å²) in [6, 6.07) is 6.91. The number of aromatic hydroxyl groups is 1. The van der Waals surface area contributed by atoms with Crippen molar-refractivity contribution < 1.29 is 5.11 Å². The molecule has 0 fully saturated rings. The van der Waals surface area contributed by atoms with Crippen LogP contribution in [-0.4, -0.2) is 11.8 Å². The van der Waals surface area contributed by atoms with Gasteiger partial charge in [0.2, 0.25) is 0 Å². The molecule has 0 radical (unpaired) electrons. The van der Waals surface area contributed by atoms with Gasteiger partial charge < -0.3 is 5.11 Å². The van der Waals surface area contributed by atoms with E-state index in [0.717, 1.165) is 12.1 Å². The van der Waals surface area contributed by atoms with Crippen LogP contribution in [0.15, 0.2) is 41.1 Å². The molecule has 0 aliphatic carbocycles. The van der Waals surface area contributed by atoms with Gasteiger partial charge in [-0.3, -0.25) is 0 Å². The maximum atomic E-state index is 9.25. The van der Waals surface area contributed by atoms with E-state index in [-0.39, 0.29) is 5.75 Å². The van der Waals surface area contributed by atoms with Crippen LogP contribution in [0.4, 0.5) is 5.69 Å². The van der Waals surface area contributed by atoms with Crippen LogP contribution < -0.4 is 5.01 Å². The molecule has 0 spiro atoms. The summed E-state index contributed by atoms with van der Waals surface area (Å²) in [4.78, 5) is 0. The standard InChI is InChI=1S/C14H20N2O/c1-5-12(11(2)3)10-16(15-4)13-6-8-14(17)9-7-13/h6-11,17H,4-5H2,1-3H3/b12-10+. The fourth-order valence-corrected chi connectivity index (χ4v) is 1.61. The van der Waals surface area contributed by atoms with Crippen molar-refractivity contribution in [2.24, 2.45) is 11.0 Å². The molecule has 0 aliphatic heterocycles. The van der Waals surface area contributed by atoms with Crippen molar-refractivity contribution in [1.29, 1.82) is 0 Å². The van der Waals surface area contributed by atoms with Crippen molar-refractivity contribution in [2.45, 2.75) is 27.2 Å². The van der Waals surface area contributed by atoms with Crippen molar-refractivity contribution in [3.8, 4) is 5.75 Å². The second-order valence-electron chi connectivity index (χ2n) is 4.21. The number of phenolic OH excluding ortho intramolecular Hbond substituents is 1. The molecule has 1 N–H and O–H groups in total. The third kappa shape index (κ3) is 3.63. The quantitative estimate of drug-likeness (QED) is 0.619. The highest BCUT2D eigenvalue weighted by molar-refractivity contribution is 5.52. The molecular formula is C14H20N2O. The predicted octanol–water partition coefficient (Wildman–Crippen LogP) is 3.76. The van der Waals surface area contributed by atoms with Crippen LogP contribution in [0.3, 0.4) is 0 Å². The summed E-state index contributed by atoms with van der Waals surface area (Å²) in [6.45, 7) is 10.0. The number of nitrogens with zero attached hydrogens (tertiary/aromatic N) is 2. The van der Waals surface area contributed by atoms with E-state index in [4.69, 9.17) is 0 Å². The van der Waals surface area contributed by atoms with Gasteiger partial charge in [-0.05, 0) is 42.2 Å². The molecule has 0 atom stereocenters. The van der Waals surface area contributed by atoms with Crippen molar-refractivity contribution in [3.63, 3.8) is 0 Å². The monoisotopic (exact) mass is 232 g/mol. The molecule has 3 nitrogen and oxygen atoms in total. The summed E-state index contributed by atoms with van der Waals surface area (Å²) in [5.41, 5.74) is 2.20. The first-order valence-corrected chi connectivity index (χ1v) is 5.84. The first-order valence-electron chi connectivity index (χ1n) is 5.84. The number of rotatable bonds is 5. The van der Waals surface area contributed by atoms with Crippen LogP contribution in [0.1, 0.15) is 27.2 Å². The van der Waals surface area contributed by atoms with E-state index in [1.54, 1.807) is 17.1 Å². The largest absolute Gasteiger partial charge is 0.508 e. The zero-order valence-electron chi connectivity index (χ0n) is 10.7. The summed E-state index contributed by atoms with van der Waals surface area (Å²) in [7, 11) is 0. The molecule has 1 rings (SSSR count). The Bertz CT molecular complexity index is 393. The minimum atomic E-state index is 0.251. The molecule has 0 aromatic heterocycles. The third-order valence-electron chi connectivity index (χ3n) is 2.70. The van der Waals surface area contributed by atoms with E-state index in [1.807, 2.05) is 18.3 Å². The van der Waals surface area contributed by atoms with Gasteiger partial charge in [0.15, 0.2) is 0 Å². The van der Waals surface area contributed by atoms with Crippen LogP contribution in [0.25, 0.3) is 0 Å². The minimum Gasteiger partial charge on any atom is -0.508 e. The lowest BCUT2D eigenvalue weighted by Gasteiger charge is -2.17. The van der Waals surface area contributed by atoms with Crippen molar-refractivity contribution >= 4 is 12.4 Å². The summed E-state index contributed by atoms with van der Waals surface area (Å²) in [6.07, 6.45) is 2.99. The Kier molecular flexibility index (Phi) is 4.76. The Morgan fingerprint density at radius 2 is 2.00 bits per heavy atom. The zero-order chi connectivity index (χ0) is 12.8. The molecule has 1 aromatic rings. The molecule has 1 aromatic carbocycles. The van der Waals surface area contributed by atoms with Gasteiger partial charge in [-0.25, -0.2) is 5.01 Å². The van der Waals surface area contributed by atoms with Gasteiger partial charge >= 0.3 is 0 Å². The van der Waals surface area contributed by atoms with Crippen LogP contribution in [0.5, 0.6) is 5.75 Å². The van der Waals surface area contributed by atoms with E-state index < -0.39 is 0 Å². The minimum absolute atomic E-state index is 0.251. The van der Waals surface area contributed by atoms with E-state index in [0.29, 0.717) is 5.92 Å². The lowest BCUT2D eigenvalue weighted by atomic mass is 10.0. The fourth-order valence-electron chi connectivity index (χ4n) is 1.61. The average molecular weight is 232 g/mol. The fraction of sp³-hybridized carbons (Fsp3) is 0.357. The maximum absolute atomic E-state index is 9.25. The molecule has 0 saturated heterocycles. The molecule has 0 aliphatic rings. The number of phenols is 1. The second-order valence-corrected chi connectivity index (χ2v) is 4.21. The Labute approximate surface area is 103 Å². The molecule has 0 amide bonds. The molecule has 17 heavy (non-hydrogen) atoms. The number of anilines is 1. The van der Waals surface area contributed by atoms with Crippen molar-refractivity contribution in [1.82, 2.24) is 0 Å². The number of allylic oxidation sites excluding steroid dienone is 1. The van der Waals surface area contributed by atoms with Gasteiger partial charge in [-0.15, -0.1) is 0 Å². The average Bonchev–Trinajstić information content (AvgIpc) is 2.32. The van der Waals surface area contributed by atoms with E-state index in [1.165, 1.54) is 5.57 Å². The van der Waals surface area contributed by atoms with Gasteiger partial charge in [0.05, 0.1) is 5.69 Å². The van der Waals surface area contributed by atoms with Crippen LogP contribution in [0, 0.1) is 5.92 Å². The highest BCUT2D eigenvalue weighted by Gasteiger charge is 2.05. The second kappa shape index (κ2) is 6.09. The van der Waals surface area contributed by atoms with Crippen LogP contribution >= 0.6 is 0 Å². The molecule has 0 unspecified atom stereocenters. The summed E-state index contributed by atoms with van der Waals surface area (Å²) in [5.74, 6) is 0.739. The summed E-state index contributed by atoms with van der Waals surface area (Å²) in [5, 5.41) is 15.0. The van der Waals surface area contributed by atoms with E-state index in [9.17, 15) is 5.11 Å². The molecule has 0 saturated carbocycles. The lowest BCUT2D eigenvalue weighted by Crippen LogP contribution is -2.09. The normalized spacial score (nSPS) is 11.6. The molecule has 0 heterocycles. The van der Waals surface area contributed by atoms with Crippen molar-refractivity contribution in [2.75, 3.05) is 5.01 Å². The van der Waals surface area contributed by atoms with Gasteiger partial charge in [-0.1, -0.05) is 20.8 Å². The van der Waals surface area contributed by atoms with Gasteiger partial charge in [0.25, 0.3) is 0 Å². The summed E-state index contributed by atoms with van der Waals surface area (Å²) < 4.78 is 0. The topological polar surface area (TPSA) is 35.8 Å². The Morgan fingerprint density at radius 1 is 1.41 bits per heavy atom. The summed E-state index contributed by atoms with van der Waals surface area (Å²) >= 11 is 0. The number of benzene rings is 1. The van der Waals surface area contributed by atoms with Crippen molar-refractivity contribution in [3.05, 3.63) is 36.0 Å². The van der Waals surface area contributed by atoms with Crippen LogP contribution in [0.2, 0.25) is 0 Å². The first kappa shape index (κ1) is 13.3. The van der Waals surface area contributed by atoms with Gasteiger partial charge in [0, 0.05) is 12.9 Å². The highest BCUT2D eigenvalue weighted by atomic mass is 16.3. The van der Waals surface area contributed by atoms with E-state index in [2.05, 4.69) is 32.6 Å². The Balaban J connectivity index is 2.99. The lowest BCUT2D eigenvalue weighted by molar-refractivity contribution is 0.475. The molecule has 0 bridgehead atoms. The van der Waals surface area contributed by atoms with Gasteiger partial charge in [0.1, 0.15) is 5.75 Å². The molecule has 92 valence electrons. The predicted molar refractivity (Wildman–Crippen MR) is 73.3 cm³/mol. The Morgan fingerprint density at radius 3 is 2.41 bits per heavy atom. The maximum Gasteiger partial charge on any atom is 0.115 e. The van der Waals surface area contributed by atoms with Gasteiger partial charge in [-0.2, -0.15) is 5.10 Å². The number of hydrogen-bond acceptors (Lipinski definition) is 3. The molecular weight excluding hydrogens is 212 g/mol. The van der Waals surface area contributed by atoms with Crippen LogP contribution in [-0.2, 0) is 0 Å². The molecule has 3 heteroatoms. The zero-order valence-corrected chi connectivity index (χ0v) is 10.7. The third-order valence-corrected chi connectivity index (χ3v) is 2.70. The SMILES string of the molecule is C=NN(/C=C(\CC)C(C)C)c1ccc(O)cc1. The number of hydrogen-bond donors (Lipinski definition) is 1. The smallest absolute Gasteiger partial charge is 0.115 e. The Hall–Kier alpha value is -1.77.